The van der Waals surface area contributed by atoms with E-state index < -0.39 is 11.6 Å². The van der Waals surface area contributed by atoms with Gasteiger partial charge < -0.3 is 10.1 Å². The number of methoxy groups -OCH3 is 1. The fraction of sp³-hybridized carbons (Fsp3) is 0.312. The van der Waals surface area contributed by atoms with Gasteiger partial charge in [-0.05, 0) is 31.5 Å². The summed E-state index contributed by atoms with van der Waals surface area (Å²) in [7, 11) is 1.63. The molecule has 2 aromatic rings. The molecular formula is C16H18F2N2O. The number of rotatable bonds is 5. The number of aryl methyl sites for hydroxylation is 1. The quantitative estimate of drug-likeness (QED) is 0.918. The minimum absolute atomic E-state index is 0.439. The molecule has 0 atom stereocenters. The van der Waals surface area contributed by atoms with Crippen LogP contribution in [0.15, 0.2) is 24.4 Å². The maximum absolute atomic E-state index is 13.1. The maximum atomic E-state index is 13.1. The lowest BCUT2D eigenvalue weighted by molar-refractivity contribution is 0.406. The molecule has 5 heteroatoms. The Morgan fingerprint density at radius 1 is 1.14 bits per heavy atom. The Balaban J connectivity index is 2.02. The first-order valence-electron chi connectivity index (χ1n) is 6.66. The Morgan fingerprint density at radius 2 is 1.90 bits per heavy atom. The van der Waals surface area contributed by atoms with Crippen LogP contribution in [-0.4, -0.2) is 12.1 Å². The van der Waals surface area contributed by atoms with Crippen LogP contribution >= 0.6 is 0 Å². The van der Waals surface area contributed by atoms with Crippen molar-refractivity contribution in [1.82, 2.24) is 10.3 Å². The minimum Gasteiger partial charge on any atom is -0.496 e. The molecule has 0 aliphatic rings. The lowest BCUT2D eigenvalue weighted by Crippen LogP contribution is -2.15. The van der Waals surface area contributed by atoms with Crippen molar-refractivity contribution in [3.05, 3.63) is 58.4 Å². The number of ether oxygens (including phenoxy) is 1. The molecule has 1 N–H and O–H groups in total. The summed E-state index contributed by atoms with van der Waals surface area (Å²) in [5, 5.41) is 3.17. The second-order valence-corrected chi connectivity index (χ2v) is 4.90. The molecular weight excluding hydrogens is 274 g/mol. The normalized spacial score (nSPS) is 10.7. The van der Waals surface area contributed by atoms with E-state index in [1.807, 2.05) is 13.8 Å². The van der Waals surface area contributed by atoms with E-state index in [1.165, 1.54) is 6.07 Å². The number of benzene rings is 1. The second kappa shape index (κ2) is 6.63. The highest BCUT2D eigenvalue weighted by atomic mass is 19.2. The highest BCUT2D eigenvalue weighted by Crippen LogP contribution is 2.23. The van der Waals surface area contributed by atoms with Gasteiger partial charge >= 0.3 is 0 Å². The number of halogens is 2. The Labute approximate surface area is 123 Å². The SMILES string of the molecule is COc1c(C)cnc(CNCc2ccc(F)c(F)c2)c1C. The summed E-state index contributed by atoms with van der Waals surface area (Å²) < 4.78 is 31.3. The Bertz CT molecular complexity index is 644. The summed E-state index contributed by atoms with van der Waals surface area (Å²) in [6.07, 6.45) is 1.76. The van der Waals surface area contributed by atoms with Gasteiger partial charge in [0, 0.05) is 30.4 Å². The molecule has 112 valence electrons. The lowest BCUT2D eigenvalue weighted by atomic mass is 10.1. The number of nitrogens with zero attached hydrogens (tertiary/aromatic N) is 1. The van der Waals surface area contributed by atoms with Gasteiger partial charge in [0.15, 0.2) is 11.6 Å². The molecule has 0 radical (unpaired) electrons. The van der Waals surface area contributed by atoms with Gasteiger partial charge in [-0.3, -0.25) is 4.98 Å². The molecule has 21 heavy (non-hydrogen) atoms. The zero-order valence-corrected chi connectivity index (χ0v) is 12.3. The highest BCUT2D eigenvalue weighted by molar-refractivity contribution is 5.41. The first-order chi connectivity index (χ1) is 10.0. The fourth-order valence-electron chi connectivity index (χ4n) is 2.22. The first kappa shape index (κ1) is 15.4. The third kappa shape index (κ3) is 3.55. The van der Waals surface area contributed by atoms with Crippen LogP contribution in [-0.2, 0) is 13.1 Å². The number of hydrogen-bond donors (Lipinski definition) is 1. The van der Waals surface area contributed by atoms with Gasteiger partial charge in [-0.15, -0.1) is 0 Å². The summed E-state index contributed by atoms with van der Waals surface area (Å²) in [6, 6.07) is 3.88. The molecule has 0 saturated carbocycles. The summed E-state index contributed by atoms with van der Waals surface area (Å²) in [4.78, 5) is 4.37. The van der Waals surface area contributed by atoms with E-state index in [9.17, 15) is 8.78 Å². The molecule has 0 unspecified atom stereocenters. The number of aromatic nitrogens is 1. The van der Waals surface area contributed by atoms with Gasteiger partial charge in [0.05, 0.1) is 12.8 Å². The number of hydrogen-bond acceptors (Lipinski definition) is 3. The number of nitrogens with one attached hydrogen (secondary N) is 1. The van der Waals surface area contributed by atoms with Crippen LogP contribution in [0, 0.1) is 25.5 Å². The summed E-state index contributed by atoms with van der Waals surface area (Å²) in [6.45, 7) is 4.86. The minimum atomic E-state index is -0.834. The topological polar surface area (TPSA) is 34.1 Å². The van der Waals surface area contributed by atoms with Crippen LogP contribution < -0.4 is 10.1 Å². The molecule has 0 aliphatic carbocycles. The first-order valence-corrected chi connectivity index (χ1v) is 6.66. The van der Waals surface area contributed by atoms with Crippen molar-refractivity contribution < 1.29 is 13.5 Å². The zero-order valence-electron chi connectivity index (χ0n) is 12.3. The second-order valence-electron chi connectivity index (χ2n) is 4.90. The fourth-order valence-corrected chi connectivity index (χ4v) is 2.22. The van der Waals surface area contributed by atoms with Crippen molar-refractivity contribution in [2.75, 3.05) is 7.11 Å². The van der Waals surface area contributed by atoms with Crippen molar-refractivity contribution in [2.24, 2.45) is 0 Å². The van der Waals surface area contributed by atoms with Crippen molar-refractivity contribution >= 4 is 0 Å². The molecule has 0 aliphatic heterocycles. The monoisotopic (exact) mass is 292 g/mol. The van der Waals surface area contributed by atoms with E-state index in [-0.39, 0.29) is 0 Å². The molecule has 2 rings (SSSR count). The maximum Gasteiger partial charge on any atom is 0.159 e. The third-order valence-electron chi connectivity index (χ3n) is 3.36. The average molecular weight is 292 g/mol. The van der Waals surface area contributed by atoms with Gasteiger partial charge in [-0.1, -0.05) is 6.07 Å². The van der Waals surface area contributed by atoms with Crippen molar-refractivity contribution in [2.45, 2.75) is 26.9 Å². The van der Waals surface area contributed by atoms with Crippen molar-refractivity contribution in [3.63, 3.8) is 0 Å². The van der Waals surface area contributed by atoms with Gasteiger partial charge in [0.1, 0.15) is 5.75 Å². The molecule has 1 aromatic heterocycles. The third-order valence-corrected chi connectivity index (χ3v) is 3.36. The van der Waals surface area contributed by atoms with E-state index in [1.54, 1.807) is 19.4 Å². The predicted molar refractivity (Wildman–Crippen MR) is 77.2 cm³/mol. The summed E-state index contributed by atoms with van der Waals surface area (Å²) in [5.41, 5.74) is 3.53. The molecule has 0 fully saturated rings. The molecule has 0 saturated heterocycles. The summed E-state index contributed by atoms with van der Waals surface area (Å²) in [5.74, 6) is -0.838. The lowest BCUT2D eigenvalue weighted by Gasteiger charge is -2.13. The number of pyridine rings is 1. The molecule has 3 nitrogen and oxygen atoms in total. The van der Waals surface area contributed by atoms with Crippen LogP contribution in [0.2, 0.25) is 0 Å². The predicted octanol–water partition coefficient (Wildman–Crippen LogP) is 3.28. The molecule has 1 aromatic carbocycles. The zero-order chi connectivity index (χ0) is 15.4. The van der Waals surface area contributed by atoms with E-state index in [4.69, 9.17) is 4.74 Å². The smallest absolute Gasteiger partial charge is 0.159 e. The van der Waals surface area contributed by atoms with Crippen LogP contribution in [0.3, 0.4) is 0 Å². The molecule has 0 amide bonds. The van der Waals surface area contributed by atoms with Gasteiger partial charge in [-0.2, -0.15) is 0 Å². The standard InChI is InChI=1S/C16H18F2N2O/c1-10-7-20-15(11(2)16(10)21-3)9-19-8-12-4-5-13(17)14(18)6-12/h4-7,19H,8-9H2,1-3H3. The molecule has 1 heterocycles. The van der Waals surface area contributed by atoms with E-state index in [0.717, 1.165) is 28.6 Å². The van der Waals surface area contributed by atoms with Crippen LogP contribution in [0.4, 0.5) is 8.78 Å². The Hall–Kier alpha value is -2.01. The average Bonchev–Trinajstić information content (AvgIpc) is 2.46. The Kier molecular flexibility index (Phi) is 4.85. The van der Waals surface area contributed by atoms with Gasteiger partial charge in [0.25, 0.3) is 0 Å². The summed E-state index contributed by atoms with van der Waals surface area (Å²) >= 11 is 0. The van der Waals surface area contributed by atoms with Crippen LogP contribution in [0.25, 0.3) is 0 Å². The van der Waals surface area contributed by atoms with Gasteiger partial charge in [-0.25, -0.2) is 8.78 Å². The molecule has 0 bridgehead atoms. The Morgan fingerprint density at radius 3 is 2.57 bits per heavy atom. The van der Waals surface area contributed by atoms with Crippen LogP contribution in [0.5, 0.6) is 5.75 Å². The van der Waals surface area contributed by atoms with Gasteiger partial charge in [0.2, 0.25) is 0 Å². The van der Waals surface area contributed by atoms with E-state index in [0.29, 0.717) is 18.7 Å². The van der Waals surface area contributed by atoms with E-state index >= 15 is 0 Å². The largest absolute Gasteiger partial charge is 0.496 e. The molecule has 0 spiro atoms. The van der Waals surface area contributed by atoms with E-state index in [2.05, 4.69) is 10.3 Å². The van der Waals surface area contributed by atoms with Crippen LogP contribution in [0.1, 0.15) is 22.4 Å². The van der Waals surface area contributed by atoms with Crippen molar-refractivity contribution in [3.8, 4) is 5.75 Å². The van der Waals surface area contributed by atoms with Crippen molar-refractivity contribution in [1.29, 1.82) is 0 Å². The highest BCUT2D eigenvalue weighted by Gasteiger charge is 2.09.